The first-order valence-electron chi connectivity index (χ1n) is 7.53. The Hall–Kier alpha value is -1.51. The molecule has 0 aliphatic heterocycles. The molecule has 0 heterocycles. The molecule has 0 aromatic heterocycles. The van der Waals surface area contributed by atoms with Gasteiger partial charge in [0.25, 0.3) is 0 Å². The van der Waals surface area contributed by atoms with E-state index in [9.17, 15) is 0 Å². The molecule has 1 nitrogen and oxygen atoms in total. The highest BCUT2D eigenvalue weighted by Gasteiger charge is 2.06. The van der Waals surface area contributed by atoms with Crippen molar-refractivity contribution >= 4 is 51.4 Å². The third-order valence-corrected chi connectivity index (χ3v) is 5.37. The van der Waals surface area contributed by atoms with Crippen molar-refractivity contribution in [3.8, 4) is 11.1 Å². The van der Waals surface area contributed by atoms with Crippen molar-refractivity contribution in [1.29, 1.82) is 0 Å². The lowest BCUT2D eigenvalue weighted by Crippen LogP contribution is -1.83. The topological polar surface area (TPSA) is 26.0 Å². The third kappa shape index (κ3) is 3.76. The van der Waals surface area contributed by atoms with Gasteiger partial charge in [-0.25, -0.2) is 0 Å². The van der Waals surface area contributed by atoms with Crippen LogP contribution < -0.4 is 5.14 Å². The van der Waals surface area contributed by atoms with E-state index in [4.69, 9.17) is 5.14 Å². The molecule has 0 amide bonds. The Labute approximate surface area is 152 Å². The predicted molar refractivity (Wildman–Crippen MR) is 116 cm³/mol. The van der Waals surface area contributed by atoms with Crippen LogP contribution >= 0.6 is 29.8 Å². The van der Waals surface area contributed by atoms with Gasteiger partial charge in [0.2, 0.25) is 0 Å². The smallest absolute Gasteiger partial charge is 0.00992 e. The van der Waals surface area contributed by atoms with Gasteiger partial charge in [-0.15, -0.1) is 0 Å². The lowest BCUT2D eigenvalue weighted by atomic mass is 9.94. The standard InChI is InChI=1S/C20H14.H4NPS2/c1-3-11-17-15(7-1)9-5-13-19(17)20-14-6-10-16-8-2-4-12-18(16)20;1-3-4-2/h1-14H;1-2H2. The monoisotopic (exact) mass is 367 g/mol. The molecule has 0 aliphatic rings. The van der Waals surface area contributed by atoms with Crippen LogP contribution in [0.4, 0.5) is 0 Å². The van der Waals surface area contributed by atoms with Crippen molar-refractivity contribution in [2.75, 3.05) is 0 Å². The summed E-state index contributed by atoms with van der Waals surface area (Å²) in [6.07, 6.45) is 0. The second-order valence-electron chi connectivity index (χ2n) is 5.25. The highest BCUT2D eigenvalue weighted by Crippen LogP contribution is 2.33. The number of benzene rings is 4. The summed E-state index contributed by atoms with van der Waals surface area (Å²) in [4.78, 5) is 0. The second kappa shape index (κ2) is 8.55. The minimum Gasteiger partial charge on any atom is -0.268 e. The van der Waals surface area contributed by atoms with Crippen LogP contribution in [0, 0.1) is 0 Å². The molecule has 0 bridgehead atoms. The molecule has 24 heavy (non-hydrogen) atoms. The maximum Gasteiger partial charge on any atom is -0.00992 e. The first-order chi connectivity index (χ1) is 11.8. The van der Waals surface area contributed by atoms with E-state index < -0.39 is 0 Å². The van der Waals surface area contributed by atoms with Crippen molar-refractivity contribution in [3.05, 3.63) is 84.9 Å². The molecule has 0 aliphatic carbocycles. The minimum absolute atomic E-state index is 1.24. The molecule has 1 atom stereocenters. The Kier molecular flexibility index (Phi) is 6.17. The lowest BCUT2D eigenvalue weighted by molar-refractivity contribution is 1.68. The van der Waals surface area contributed by atoms with E-state index in [1.807, 2.05) is 0 Å². The zero-order valence-corrected chi connectivity index (χ0v) is 15.8. The SMILES string of the molecule is NSSP.c1ccc2c(-c3cccc4ccccc34)cccc2c1. The van der Waals surface area contributed by atoms with Gasteiger partial charge in [0.05, 0.1) is 0 Å². The lowest BCUT2D eigenvalue weighted by Gasteiger charge is -2.10. The summed E-state index contributed by atoms with van der Waals surface area (Å²) in [7, 11) is 5.11. The van der Waals surface area contributed by atoms with E-state index in [1.165, 1.54) is 54.1 Å². The number of hydrogen-bond donors (Lipinski definition) is 1. The summed E-state index contributed by atoms with van der Waals surface area (Å²) in [5.74, 6) is 0. The van der Waals surface area contributed by atoms with Gasteiger partial charge < -0.3 is 0 Å². The van der Waals surface area contributed by atoms with Crippen LogP contribution in [0.5, 0.6) is 0 Å². The van der Waals surface area contributed by atoms with Crippen LogP contribution in [0.25, 0.3) is 32.7 Å². The average molecular weight is 367 g/mol. The fourth-order valence-electron chi connectivity index (χ4n) is 2.92. The predicted octanol–water partition coefficient (Wildman–Crippen LogP) is 6.69. The Morgan fingerprint density at radius 3 is 1.38 bits per heavy atom. The largest absolute Gasteiger partial charge is 0.268 e. The summed E-state index contributed by atoms with van der Waals surface area (Å²) in [6, 6.07) is 30.2. The third-order valence-electron chi connectivity index (χ3n) is 3.92. The number of rotatable bonds is 2. The maximum absolute atomic E-state index is 4.89. The van der Waals surface area contributed by atoms with Crippen LogP contribution in [0.1, 0.15) is 0 Å². The first-order valence-corrected chi connectivity index (χ1v) is 11.2. The zero-order chi connectivity index (χ0) is 16.8. The molecule has 0 fully saturated rings. The van der Waals surface area contributed by atoms with E-state index in [1.54, 1.807) is 0 Å². The summed E-state index contributed by atoms with van der Waals surface area (Å²) >= 11 is 0. The van der Waals surface area contributed by atoms with E-state index >= 15 is 0 Å². The number of nitrogens with two attached hydrogens (primary N) is 1. The molecule has 0 spiro atoms. The summed E-state index contributed by atoms with van der Waals surface area (Å²) in [6.45, 7) is 0. The molecule has 120 valence electrons. The fraction of sp³-hybridized carbons (Fsp3) is 0. The van der Waals surface area contributed by atoms with E-state index in [-0.39, 0.29) is 0 Å². The maximum atomic E-state index is 4.89. The zero-order valence-electron chi connectivity index (χ0n) is 13.1. The quantitative estimate of drug-likeness (QED) is 0.243. The van der Waals surface area contributed by atoms with Gasteiger partial charge in [-0.05, 0) is 43.7 Å². The molecule has 1 unspecified atom stereocenters. The molecule has 2 N–H and O–H groups in total. The van der Waals surface area contributed by atoms with E-state index in [0.717, 1.165) is 0 Å². The first kappa shape index (κ1) is 17.3. The van der Waals surface area contributed by atoms with Crippen molar-refractivity contribution in [1.82, 2.24) is 0 Å². The van der Waals surface area contributed by atoms with Gasteiger partial charge in [0.1, 0.15) is 0 Å². The average Bonchev–Trinajstić information content (AvgIpc) is 2.67. The van der Waals surface area contributed by atoms with Crippen LogP contribution in [-0.4, -0.2) is 0 Å². The van der Waals surface area contributed by atoms with Crippen molar-refractivity contribution in [3.63, 3.8) is 0 Å². The van der Waals surface area contributed by atoms with Gasteiger partial charge in [-0.1, -0.05) is 104 Å². The van der Waals surface area contributed by atoms with Crippen LogP contribution in [-0.2, 0) is 0 Å². The highest BCUT2D eigenvalue weighted by atomic mass is 33.3. The molecule has 0 radical (unpaired) electrons. The molecule has 4 aromatic rings. The Morgan fingerprint density at radius 2 is 0.958 bits per heavy atom. The normalized spacial score (nSPS) is 10.4. The molecular weight excluding hydrogens is 349 g/mol. The molecule has 4 rings (SSSR count). The van der Waals surface area contributed by atoms with Gasteiger partial charge >= 0.3 is 0 Å². The molecular formula is C20H18NPS2. The Balaban J connectivity index is 0.000000383. The number of hydrogen-bond acceptors (Lipinski definition) is 3. The van der Waals surface area contributed by atoms with Crippen molar-refractivity contribution < 1.29 is 0 Å². The van der Waals surface area contributed by atoms with Gasteiger partial charge in [0, 0.05) is 0 Å². The van der Waals surface area contributed by atoms with Gasteiger partial charge in [0.15, 0.2) is 0 Å². The van der Waals surface area contributed by atoms with E-state index in [0.29, 0.717) is 0 Å². The van der Waals surface area contributed by atoms with Crippen LogP contribution in [0.2, 0.25) is 0 Å². The Morgan fingerprint density at radius 1 is 0.583 bits per heavy atom. The molecule has 0 saturated heterocycles. The van der Waals surface area contributed by atoms with Crippen molar-refractivity contribution in [2.24, 2.45) is 5.14 Å². The highest BCUT2D eigenvalue weighted by molar-refractivity contribution is 8.93. The second-order valence-corrected chi connectivity index (χ2v) is 8.52. The summed E-state index contributed by atoms with van der Waals surface area (Å²) in [5, 5.41) is 10.1. The summed E-state index contributed by atoms with van der Waals surface area (Å²) in [5.41, 5.74) is 2.61. The Bertz CT molecular complexity index is 866. The minimum atomic E-state index is 1.24. The van der Waals surface area contributed by atoms with Crippen LogP contribution in [0.3, 0.4) is 0 Å². The molecule has 4 heteroatoms. The molecule has 0 saturated carbocycles. The fourth-order valence-corrected chi connectivity index (χ4v) is 2.92. The van der Waals surface area contributed by atoms with E-state index in [2.05, 4.69) is 93.4 Å². The van der Waals surface area contributed by atoms with Crippen LogP contribution in [0.15, 0.2) is 84.9 Å². The van der Waals surface area contributed by atoms with Crippen molar-refractivity contribution in [2.45, 2.75) is 0 Å². The van der Waals surface area contributed by atoms with Gasteiger partial charge in [-0.2, -0.15) is 0 Å². The molecule has 4 aromatic carbocycles. The summed E-state index contributed by atoms with van der Waals surface area (Å²) < 4.78 is 0. The number of fused-ring (bicyclic) bond motifs is 2. The van der Waals surface area contributed by atoms with Gasteiger partial charge in [-0.3, -0.25) is 5.14 Å².